The van der Waals surface area contributed by atoms with Crippen LogP contribution in [0.2, 0.25) is 0 Å². The maximum Gasteiger partial charge on any atom is 0.227 e. The SMILES string of the molecule is c1ccc2c(c1)ccc1nc(-c3ccc4c(c3)c3cc(-c5nc6ccccc6o5)ccc3n4-c3ccc(-c4nc5ccccc5o4)cc3)oc12. The number of oxazole rings is 3. The van der Waals surface area contributed by atoms with E-state index in [1.54, 1.807) is 0 Å². The fourth-order valence-electron chi connectivity index (χ4n) is 7.09. The zero-order valence-electron chi connectivity index (χ0n) is 26.4. The van der Waals surface area contributed by atoms with Crippen LogP contribution in [0.3, 0.4) is 0 Å². The highest BCUT2D eigenvalue weighted by Gasteiger charge is 2.19. The predicted octanol–water partition coefficient (Wildman–Crippen LogP) is 11.4. The van der Waals surface area contributed by atoms with Crippen LogP contribution in [0.1, 0.15) is 0 Å². The van der Waals surface area contributed by atoms with Crippen molar-refractivity contribution in [3.63, 3.8) is 0 Å². The third-order valence-corrected chi connectivity index (χ3v) is 9.50. The minimum atomic E-state index is 0.581. The van der Waals surface area contributed by atoms with E-state index in [-0.39, 0.29) is 0 Å². The van der Waals surface area contributed by atoms with Crippen molar-refractivity contribution in [1.82, 2.24) is 19.5 Å². The molecule has 0 aliphatic carbocycles. The standard InChI is InChI=1S/C43H24N4O3/c1-2-8-30-25(7-1)15-20-35-40(30)50-43(46-35)28-17-22-37-32(24-28)31-23-27(42-45-34-10-4-6-12-39(34)49-42)16-21-36(31)47(37)29-18-13-26(14-19-29)41-44-33-9-3-5-11-38(33)48-41/h1-24H. The lowest BCUT2D eigenvalue weighted by Gasteiger charge is -2.09. The van der Waals surface area contributed by atoms with E-state index in [0.717, 1.165) is 88.3 Å². The minimum absolute atomic E-state index is 0.581. The second-order valence-electron chi connectivity index (χ2n) is 12.5. The molecule has 0 atom stereocenters. The fourth-order valence-corrected chi connectivity index (χ4v) is 7.09. The topological polar surface area (TPSA) is 83.0 Å². The van der Waals surface area contributed by atoms with E-state index in [1.165, 1.54) is 0 Å². The minimum Gasteiger partial charge on any atom is -0.436 e. The average Bonchev–Trinajstić information content (AvgIpc) is 3.97. The number of benzene rings is 7. The van der Waals surface area contributed by atoms with Crippen molar-refractivity contribution >= 4 is 65.9 Å². The highest BCUT2D eigenvalue weighted by atomic mass is 16.4. The lowest BCUT2D eigenvalue weighted by atomic mass is 10.1. The Morgan fingerprint density at radius 1 is 0.400 bits per heavy atom. The second kappa shape index (κ2) is 10.3. The first-order valence-electron chi connectivity index (χ1n) is 16.4. The van der Waals surface area contributed by atoms with E-state index in [9.17, 15) is 0 Å². The lowest BCUT2D eigenvalue weighted by molar-refractivity contribution is 0.619. The molecule has 4 aromatic heterocycles. The second-order valence-corrected chi connectivity index (χ2v) is 12.5. The largest absolute Gasteiger partial charge is 0.436 e. The molecule has 11 aromatic rings. The molecule has 7 nitrogen and oxygen atoms in total. The van der Waals surface area contributed by atoms with Crippen molar-refractivity contribution in [2.45, 2.75) is 0 Å². The Bertz CT molecular complexity index is 3040. The molecule has 0 radical (unpaired) electrons. The zero-order chi connectivity index (χ0) is 32.8. The van der Waals surface area contributed by atoms with E-state index in [4.69, 9.17) is 28.2 Å². The van der Waals surface area contributed by atoms with E-state index in [2.05, 4.69) is 83.4 Å². The molecule has 0 spiro atoms. The first kappa shape index (κ1) is 27.0. The molecular weight excluding hydrogens is 620 g/mol. The van der Waals surface area contributed by atoms with Gasteiger partial charge in [0.25, 0.3) is 0 Å². The Labute approximate surface area is 283 Å². The van der Waals surface area contributed by atoms with E-state index >= 15 is 0 Å². The van der Waals surface area contributed by atoms with Gasteiger partial charge in [0.2, 0.25) is 17.7 Å². The van der Waals surface area contributed by atoms with Gasteiger partial charge in [0.15, 0.2) is 16.7 Å². The molecule has 7 heteroatoms. The van der Waals surface area contributed by atoms with Gasteiger partial charge >= 0.3 is 0 Å². The van der Waals surface area contributed by atoms with E-state index in [1.807, 2.05) is 66.7 Å². The van der Waals surface area contributed by atoms with Gasteiger partial charge in [-0.1, -0.05) is 54.6 Å². The molecule has 0 aliphatic rings. The fraction of sp³-hybridized carbons (Fsp3) is 0. The summed E-state index contributed by atoms with van der Waals surface area (Å²) in [6.45, 7) is 0. The van der Waals surface area contributed by atoms with Crippen molar-refractivity contribution in [1.29, 1.82) is 0 Å². The average molecular weight is 645 g/mol. The monoisotopic (exact) mass is 644 g/mol. The van der Waals surface area contributed by atoms with Crippen LogP contribution in [-0.4, -0.2) is 19.5 Å². The molecule has 50 heavy (non-hydrogen) atoms. The van der Waals surface area contributed by atoms with Crippen molar-refractivity contribution in [2.24, 2.45) is 0 Å². The van der Waals surface area contributed by atoms with Crippen LogP contribution in [0.5, 0.6) is 0 Å². The summed E-state index contributed by atoms with van der Waals surface area (Å²) in [6.07, 6.45) is 0. The third-order valence-electron chi connectivity index (χ3n) is 9.50. The van der Waals surface area contributed by atoms with Gasteiger partial charge in [-0.2, -0.15) is 0 Å². The number of para-hydroxylation sites is 4. The quantitative estimate of drug-likeness (QED) is 0.190. The number of fused-ring (bicyclic) bond motifs is 8. The Morgan fingerprint density at radius 3 is 1.60 bits per heavy atom. The Morgan fingerprint density at radius 2 is 0.940 bits per heavy atom. The Kier molecular flexibility index (Phi) is 5.54. The number of hydrogen-bond acceptors (Lipinski definition) is 6. The van der Waals surface area contributed by atoms with Crippen molar-refractivity contribution in [2.75, 3.05) is 0 Å². The summed E-state index contributed by atoms with van der Waals surface area (Å²) in [6, 6.07) is 49.1. The number of rotatable bonds is 4. The Balaban J connectivity index is 1.10. The summed E-state index contributed by atoms with van der Waals surface area (Å²) >= 11 is 0. The summed E-state index contributed by atoms with van der Waals surface area (Å²) in [5, 5.41) is 4.29. The maximum atomic E-state index is 6.47. The number of nitrogens with zero attached hydrogens (tertiary/aromatic N) is 4. The molecule has 0 saturated carbocycles. The van der Waals surface area contributed by atoms with Crippen LogP contribution in [-0.2, 0) is 0 Å². The van der Waals surface area contributed by atoms with Crippen LogP contribution in [0, 0.1) is 0 Å². The Hall–Kier alpha value is -6.99. The first-order valence-corrected chi connectivity index (χ1v) is 16.4. The van der Waals surface area contributed by atoms with Crippen LogP contribution in [0.15, 0.2) is 159 Å². The summed E-state index contributed by atoms with van der Waals surface area (Å²) in [4.78, 5) is 14.4. The van der Waals surface area contributed by atoms with Gasteiger partial charge in [0.05, 0.1) is 11.0 Å². The first-order chi connectivity index (χ1) is 24.7. The van der Waals surface area contributed by atoms with Crippen molar-refractivity contribution < 1.29 is 13.3 Å². The summed E-state index contributed by atoms with van der Waals surface area (Å²) in [5.74, 6) is 1.76. The molecule has 0 aliphatic heterocycles. The van der Waals surface area contributed by atoms with Gasteiger partial charge in [-0.15, -0.1) is 0 Å². The van der Waals surface area contributed by atoms with Crippen LogP contribution in [0.25, 0.3) is 106 Å². The molecule has 11 rings (SSSR count). The van der Waals surface area contributed by atoms with E-state index < -0.39 is 0 Å². The molecule has 4 heterocycles. The normalized spacial score (nSPS) is 12.0. The molecule has 0 amide bonds. The third kappa shape index (κ3) is 4.07. The van der Waals surface area contributed by atoms with Crippen molar-refractivity contribution in [3.8, 4) is 40.0 Å². The molecule has 7 aromatic carbocycles. The molecule has 0 bridgehead atoms. The van der Waals surface area contributed by atoms with Gasteiger partial charge in [0.1, 0.15) is 16.6 Å². The van der Waals surface area contributed by atoms with Gasteiger partial charge in [-0.25, -0.2) is 15.0 Å². The highest BCUT2D eigenvalue weighted by Crippen LogP contribution is 2.39. The molecule has 234 valence electrons. The number of aromatic nitrogens is 4. The summed E-state index contributed by atoms with van der Waals surface area (Å²) in [5.41, 5.74) is 10.6. The zero-order valence-corrected chi connectivity index (χ0v) is 26.4. The van der Waals surface area contributed by atoms with Gasteiger partial charge in [-0.3, -0.25) is 0 Å². The van der Waals surface area contributed by atoms with Gasteiger partial charge in [0, 0.05) is 38.5 Å². The maximum absolute atomic E-state index is 6.47. The van der Waals surface area contributed by atoms with E-state index in [0.29, 0.717) is 17.7 Å². The predicted molar refractivity (Wildman–Crippen MR) is 197 cm³/mol. The smallest absolute Gasteiger partial charge is 0.227 e. The van der Waals surface area contributed by atoms with Gasteiger partial charge < -0.3 is 17.8 Å². The highest BCUT2D eigenvalue weighted by molar-refractivity contribution is 6.11. The lowest BCUT2D eigenvalue weighted by Crippen LogP contribution is -1.94. The molecular formula is C43H24N4O3. The van der Waals surface area contributed by atoms with Gasteiger partial charge in [-0.05, 0) is 96.4 Å². The number of hydrogen-bond donors (Lipinski definition) is 0. The molecule has 0 N–H and O–H groups in total. The van der Waals surface area contributed by atoms with Crippen LogP contribution >= 0.6 is 0 Å². The van der Waals surface area contributed by atoms with Crippen LogP contribution < -0.4 is 0 Å². The summed E-state index contributed by atoms with van der Waals surface area (Å²) in [7, 11) is 0. The summed E-state index contributed by atoms with van der Waals surface area (Å²) < 4.78 is 21.0. The molecule has 0 fully saturated rings. The molecule has 0 unspecified atom stereocenters. The molecule has 0 saturated heterocycles. The van der Waals surface area contributed by atoms with Crippen LogP contribution in [0.4, 0.5) is 0 Å². The van der Waals surface area contributed by atoms with Crippen molar-refractivity contribution in [3.05, 3.63) is 146 Å².